The van der Waals surface area contributed by atoms with Crippen LogP contribution in [0.4, 0.5) is 5.69 Å². The average molecular weight is 507 g/mol. The van der Waals surface area contributed by atoms with Gasteiger partial charge in [0.15, 0.2) is 5.17 Å². The zero-order valence-corrected chi connectivity index (χ0v) is 22.0. The standard InChI is InChI=1S/C28H30N2OS3/c1-33-27(32)30-19-28(15-6-3-7-16-28)20-34-26(30)29-25-12-8-11-22-13-14-23(17-24(22)25)31-18-21-9-4-2-5-10-21/h2,4-5,8-14,17H,3,6-7,15-16,18-20H2,1H3/b29-26-. The summed E-state index contributed by atoms with van der Waals surface area (Å²) in [6, 6.07) is 22.9. The maximum atomic E-state index is 6.11. The van der Waals surface area contributed by atoms with Gasteiger partial charge in [0.1, 0.15) is 16.7 Å². The summed E-state index contributed by atoms with van der Waals surface area (Å²) in [6.45, 7) is 1.55. The molecule has 1 aliphatic carbocycles. The van der Waals surface area contributed by atoms with Crippen molar-refractivity contribution in [3.05, 3.63) is 72.3 Å². The molecule has 0 radical (unpaired) electrons. The lowest BCUT2D eigenvalue weighted by molar-refractivity contribution is 0.194. The third-order valence-corrected chi connectivity index (χ3v) is 9.45. The molecule has 3 aromatic carbocycles. The van der Waals surface area contributed by atoms with E-state index in [1.54, 1.807) is 11.8 Å². The van der Waals surface area contributed by atoms with Crippen molar-refractivity contribution in [1.82, 2.24) is 4.90 Å². The lowest BCUT2D eigenvalue weighted by Crippen LogP contribution is -2.48. The van der Waals surface area contributed by atoms with Crippen LogP contribution in [0.1, 0.15) is 37.7 Å². The maximum absolute atomic E-state index is 6.11. The number of fused-ring (bicyclic) bond motifs is 1. The van der Waals surface area contributed by atoms with E-state index in [1.165, 1.54) is 32.1 Å². The van der Waals surface area contributed by atoms with Gasteiger partial charge in [-0.1, -0.05) is 104 Å². The summed E-state index contributed by atoms with van der Waals surface area (Å²) < 4.78 is 7.03. The molecule has 5 rings (SSSR count). The number of amidine groups is 1. The third-order valence-electron chi connectivity index (χ3n) is 6.84. The number of aliphatic imine (C=N–C) groups is 1. The van der Waals surface area contributed by atoms with Gasteiger partial charge in [-0.25, -0.2) is 4.99 Å². The maximum Gasteiger partial charge on any atom is 0.169 e. The van der Waals surface area contributed by atoms with Crippen LogP contribution in [0.2, 0.25) is 0 Å². The fourth-order valence-electron chi connectivity index (χ4n) is 4.96. The third kappa shape index (κ3) is 5.29. The molecule has 0 bridgehead atoms. The van der Waals surface area contributed by atoms with Crippen LogP contribution in [0.3, 0.4) is 0 Å². The summed E-state index contributed by atoms with van der Waals surface area (Å²) in [7, 11) is 0. The van der Waals surface area contributed by atoms with Crippen LogP contribution in [0, 0.1) is 5.41 Å². The minimum atomic E-state index is 0.374. The van der Waals surface area contributed by atoms with Crippen molar-refractivity contribution >= 4 is 61.7 Å². The molecule has 1 aliphatic heterocycles. The van der Waals surface area contributed by atoms with E-state index in [0.717, 1.165) is 49.6 Å². The van der Waals surface area contributed by atoms with E-state index in [0.29, 0.717) is 12.0 Å². The van der Waals surface area contributed by atoms with E-state index in [9.17, 15) is 0 Å². The lowest BCUT2D eigenvalue weighted by Gasteiger charge is -2.45. The van der Waals surface area contributed by atoms with E-state index in [2.05, 4.69) is 53.6 Å². The lowest BCUT2D eigenvalue weighted by atomic mass is 9.75. The SMILES string of the molecule is CSC(=S)N1CC2(CCCCC2)CS/C1=N\c1cccc2ccc(OCc3ccccc3)cc12. The number of hydrogen-bond acceptors (Lipinski definition) is 5. The Morgan fingerprint density at radius 1 is 1.06 bits per heavy atom. The zero-order chi connectivity index (χ0) is 23.4. The van der Waals surface area contributed by atoms with E-state index in [1.807, 2.05) is 36.0 Å². The normalized spacial score (nSPS) is 19.0. The molecule has 2 aliphatic rings. The molecule has 3 aromatic rings. The zero-order valence-electron chi connectivity index (χ0n) is 19.5. The van der Waals surface area contributed by atoms with Gasteiger partial charge >= 0.3 is 0 Å². The fourth-order valence-corrected chi connectivity index (χ4v) is 6.89. The van der Waals surface area contributed by atoms with Crippen molar-refractivity contribution in [2.24, 2.45) is 10.4 Å². The van der Waals surface area contributed by atoms with Crippen LogP contribution in [0.15, 0.2) is 71.7 Å². The largest absolute Gasteiger partial charge is 0.489 e. The number of thioether (sulfide) groups is 2. The van der Waals surface area contributed by atoms with Gasteiger partial charge in [0, 0.05) is 17.7 Å². The fraction of sp³-hybridized carbons (Fsp3) is 0.357. The Balaban J connectivity index is 1.44. The second-order valence-electron chi connectivity index (χ2n) is 9.23. The summed E-state index contributed by atoms with van der Waals surface area (Å²) >= 11 is 9.32. The molecule has 1 saturated carbocycles. The molecular weight excluding hydrogens is 477 g/mol. The second-order valence-corrected chi connectivity index (χ2v) is 11.6. The van der Waals surface area contributed by atoms with Gasteiger partial charge in [-0.3, -0.25) is 0 Å². The summed E-state index contributed by atoms with van der Waals surface area (Å²) in [5.41, 5.74) is 2.50. The van der Waals surface area contributed by atoms with E-state index < -0.39 is 0 Å². The van der Waals surface area contributed by atoms with Crippen LogP contribution in [-0.2, 0) is 6.61 Å². The highest BCUT2D eigenvalue weighted by Crippen LogP contribution is 2.45. The van der Waals surface area contributed by atoms with Crippen molar-refractivity contribution in [3.63, 3.8) is 0 Å². The predicted octanol–water partition coefficient (Wildman–Crippen LogP) is 8.05. The van der Waals surface area contributed by atoms with E-state index in [-0.39, 0.29) is 0 Å². The quantitative estimate of drug-likeness (QED) is 0.333. The van der Waals surface area contributed by atoms with Crippen molar-refractivity contribution in [2.75, 3.05) is 18.6 Å². The molecule has 0 unspecified atom stereocenters. The van der Waals surface area contributed by atoms with Crippen molar-refractivity contribution in [1.29, 1.82) is 0 Å². The van der Waals surface area contributed by atoms with Gasteiger partial charge in [0.2, 0.25) is 0 Å². The first-order valence-corrected chi connectivity index (χ1v) is 14.5. The number of thiocarbonyl (C=S) groups is 1. The Kier molecular flexibility index (Phi) is 7.47. The molecule has 3 nitrogen and oxygen atoms in total. The van der Waals surface area contributed by atoms with Crippen LogP contribution in [0.5, 0.6) is 5.75 Å². The predicted molar refractivity (Wildman–Crippen MR) is 153 cm³/mol. The molecule has 0 amide bonds. The van der Waals surface area contributed by atoms with Gasteiger partial charge in [0.05, 0.1) is 5.69 Å². The Morgan fingerprint density at radius 3 is 2.68 bits per heavy atom. The van der Waals surface area contributed by atoms with Crippen LogP contribution < -0.4 is 4.74 Å². The van der Waals surface area contributed by atoms with Crippen LogP contribution >= 0.6 is 35.7 Å². The van der Waals surface area contributed by atoms with Gasteiger partial charge in [-0.05, 0) is 53.7 Å². The molecule has 0 atom stereocenters. The number of hydrogen-bond donors (Lipinski definition) is 0. The number of nitrogens with zero attached hydrogens (tertiary/aromatic N) is 2. The van der Waals surface area contributed by atoms with Gasteiger partial charge in [-0.2, -0.15) is 0 Å². The van der Waals surface area contributed by atoms with Gasteiger partial charge in [0.25, 0.3) is 0 Å². The number of ether oxygens (including phenoxy) is 1. The molecule has 34 heavy (non-hydrogen) atoms. The van der Waals surface area contributed by atoms with Gasteiger partial charge < -0.3 is 9.64 Å². The van der Waals surface area contributed by atoms with Crippen LogP contribution in [-0.4, -0.2) is 32.9 Å². The average Bonchev–Trinajstić information content (AvgIpc) is 2.89. The minimum absolute atomic E-state index is 0.374. The topological polar surface area (TPSA) is 24.8 Å². The highest BCUT2D eigenvalue weighted by atomic mass is 32.2. The number of benzene rings is 3. The Morgan fingerprint density at radius 2 is 1.88 bits per heavy atom. The molecule has 6 heteroatoms. The summed E-state index contributed by atoms with van der Waals surface area (Å²) in [5, 5.41) is 3.30. The minimum Gasteiger partial charge on any atom is -0.489 e. The first kappa shape index (κ1) is 23.7. The molecule has 0 N–H and O–H groups in total. The monoisotopic (exact) mass is 506 g/mol. The number of rotatable bonds is 4. The summed E-state index contributed by atoms with van der Waals surface area (Å²) in [6.07, 6.45) is 8.71. The highest BCUT2D eigenvalue weighted by Gasteiger charge is 2.40. The molecule has 1 spiro atoms. The van der Waals surface area contributed by atoms with Crippen molar-refractivity contribution < 1.29 is 4.74 Å². The molecule has 1 heterocycles. The summed E-state index contributed by atoms with van der Waals surface area (Å²) in [4.78, 5) is 7.48. The van der Waals surface area contributed by atoms with Gasteiger partial charge in [-0.15, -0.1) is 0 Å². The Bertz CT molecular complexity index is 1190. The van der Waals surface area contributed by atoms with Crippen LogP contribution in [0.25, 0.3) is 10.8 Å². The second kappa shape index (κ2) is 10.7. The Hall–Kier alpha value is -2.02. The smallest absolute Gasteiger partial charge is 0.169 e. The van der Waals surface area contributed by atoms with Crippen molar-refractivity contribution in [3.8, 4) is 5.75 Å². The Labute approximate surface area is 216 Å². The molecule has 2 fully saturated rings. The molecule has 1 saturated heterocycles. The first-order valence-electron chi connectivity index (χ1n) is 11.9. The molecular formula is C28H30N2OS3. The summed E-state index contributed by atoms with van der Waals surface area (Å²) in [5.74, 6) is 1.99. The highest BCUT2D eigenvalue weighted by molar-refractivity contribution is 8.23. The van der Waals surface area contributed by atoms with Crippen molar-refractivity contribution in [2.45, 2.75) is 38.7 Å². The van der Waals surface area contributed by atoms with E-state index >= 15 is 0 Å². The van der Waals surface area contributed by atoms with E-state index in [4.69, 9.17) is 21.9 Å². The first-order chi connectivity index (χ1) is 16.7. The molecule has 0 aromatic heterocycles. The molecule has 176 valence electrons.